The van der Waals surface area contributed by atoms with E-state index in [1.807, 2.05) is 0 Å². The third-order valence-corrected chi connectivity index (χ3v) is 4.75. The summed E-state index contributed by atoms with van der Waals surface area (Å²) in [6.45, 7) is 3.98. The number of nitrogens with zero attached hydrogens (tertiary/aromatic N) is 1. The molecule has 2 heterocycles. The molecule has 0 atom stereocenters. The molecule has 1 saturated carbocycles. The zero-order chi connectivity index (χ0) is 16.1. The van der Waals surface area contributed by atoms with Crippen molar-refractivity contribution >= 4 is 11.8 Å². The lowest BCUT2D eigenvalue weighted by atomic mass is 9.75. The van der Waals surface area contributed by atoms with E-state index in [4.69, 9.17) is 9.15 Å². The van der Waals surface area contributed by atoms with Gasteiger partial charge in [0.05, 0.1) is 26.0 Å². The number of morpholine rings is 1. The molecule has 7 nitrogen and oxygen atoms in total. The molecule has 0 unspecified atom stereocenters. The van der Waals surface area contributed by atoms with Crippen LogP contribution in [0.25, 0.3) is 0 Å². The molecule has 23 heavy (non-hydrogen) atoms. The number of hydrogen-bond acceptors (Lipinski definition) is 5. The van der Waals surface area contributed by atoms with Crippen LogP contribution in [0.4, 0.5) is 0 Å². The lowest BCUT2D eigenvalue weighted by molar-refractivity contribution is -0.140. The van der Waals surface area contributed by atoms with Crippen LogP contribution in [-0.4, -0.2) is 55.1 Å². The topological polar surface area (TPSA) is 83.8 Å². The first-order valence-corrected chi connectivity index (χ1v) is 8.11. The fourth-order valence-electron chi connectivity index (χ4n) is 3.21. The number of nitrogens with one attached hydrogen (secondary N) is 2. The Labute approximate surface area is 135 Å². The number of rotatable bonds is 5. The molecular weight excluding hydrogens is 298 g/mol. The van der Waals surface area contributed by atoms with E-state index in [1.54, 1.807) is 12.1 Å². The summed E-state index contributed by atoms with van der Waals surface area (Å²) in [6.07, 6.45) is 4.81. The van der Waals surface area contributed by atoms with Gasteiger partial charge in [-0.1, -0.05) is 0 Å². The molecule has 1 aromatic heterocycles. The molecule has 126 valence electrons. The lowest BCUT2D eigenvalue weighted by Gasteiger charge is -2.51. The van der Waals surface area contributed by atoms with Gasteiger partial charge >= 0.3 is 11.8 Å². The Hall–Kier alpha value is -1.86. The number of carbonyl (C=O) groups excluding carboxylic acids is 2. The molecule has 1 aliphatic carbocycles. The van der Waals surface area contributed by atoms with E-state index in [0.717, 1.165) is 45.6 Å². The first kappa shape index (κ1) is 16.0. The van der Waals surface area contributed by atoms with Gasteiger partial charge in [0.25, 0.3) is 0 Å². The van der Waals surface area contributed by atoms with Gasteiger partial charge in [-0.2, -0.15) is 0 Å². The predicted molar refractivity (Wildman–Crippen MR) is 82.5 cm³/mol. The normalized spacial score (nSPS) is 20.5. The molecule has 0 spiro atoms. The Morgan fingerprint density at radius 3 is 2.52 bits per heavy atom. The summed E-state index contributed by atoms with van der Waals surface area (Å²) in [6, 6.07) is 3.49. The zero-order valence-corrected chi connectivity index (χ0v) is 13.2. The molecule has 1 aliphatic heterocycles. The summed E-state index contributed by atoms with van der Waals surface area (Å²) in [5, 5.41) is 5.35. The first-order chi connectivity index (χ1) is 11.2. The van der Waals surface area contributed by atoms with Gasteiger partial charge in [0, 0.05) is 25.2 Å². The molecule has 3 rings (SSSR count). The minimum atomic E-state index is -0.627. The van der Waals surface area contributed by atoms with E-state index in [0.29, 0.717) is 12.3 Å². The van der Waals surface area contributed by atoms with Crippen LogP contribution >= 0.6 is 0 Å². The molecule has 2 amide bonds. The molecule has 0 bridgehead atoms. The lowest BCUT2D eigenvalue weighted by Crippen LogP contribution is -2.63. The third-order valence-electron chi connectivity index (χ3n) is 4.75. The van der Waals surface area contributed by atoms with Crippen LogP contribution in [0.1, 0.15) is 25.0 Å². The van der Waals surface area contributed by atoms with Crippen LogP contribution in [0.15, 0.2) is 22.8 Å². The Morgan fingerprint density at radius 1 is 1.17 bits per heavy atom. The molecule has 1 aromatic rings. The molecule has 2 aliphatic rings. The number of ether oxygens (including phenoxy) is 1. The van der Waals surface area contributed by atoms with Crippen molar-refractivity contribution in [2.75, 3.05) is 32.8 Å². The van der Waals surface area contributed by atoms with Gasteiger partial charge in [-0.15, -0.1) is 0 Å². The molecule has 2 fully saturated rings. The van der Waals surface area contributed by atoms with Crippen LogP contribution in [0.5, 0.6) is 0 Å². The van der Waals surface area contributed by atoms with Crippen molar-refractivity contribution in [1.29, 1.82) is 0 Å². The largest absolute Gasteiger partial charge is 0.467 e. The summed E-state index contributed by atoms with van der Waals surface area (Å²) < 4.78 is 10.5. The smallest absolute Gasteiger partial charge is 0.309 e. The molecule has 0 radical (unpaired) electrons. The predicted octanol–water partition coefficient (Wildman–Crippen LogP) is 0.267. The van der Waals surface area contributed by atoms with Crippen LogP contribution in [0.2, 0.25) is 0 Å². The molecule has 7 heteroatoms. The van der Waals surface area contributed by atoms with E-state index in [1.165, 1.54) is 6.26 Å². The van der Waals surface area contributed by atoms with Crippen molar-refractivity contribution in [2.45, 2.75) is 31.3 Å². The first-order valence-electron chi connectivity index (χ1n) is 8.11. The monoisotopic (exact) mass is 321 g/mol. The quantitative estimate of drug-likeness (QED) is 0.761. The van der Waals surface area contributed by atoms with E-state index in [2.05, 4.69) is 15.5 Å². The van der Waals surface area contributed by atoms with Crippen molar-refractivity contribution < 1.29 is 18.7 Å². The van der Waals surface area contributed by atoms with Crippen molar-refractivity contribution in [3.63, 3.8) is 0 Å². The Morgan fingerprint density at radius 2 is 1.91 bits per heavy atom. The van der Waals surface area contributed by atoms with Crippen molar-refractivity contribution in [2.24, 2.45) is 0 Å². The highest BCUT2D eigenvalue weighted by Gasteiger charge is 2.43. The van der Waals surface area contributed by atoms with E-state index < -0.39 is 11.8 Å². The van der Waals surface area contributed by atoms with Crippen molar-refractivity contribution in [3.05, 3.63) is 24.2 Å². The van der Waals surface area contributed by atoms with Crippen molar-refractivity contribution in [1.82, 2.24) is 15.5 Å². The number of furan rings is 1. The Balaban J connectivity index is 1.46. The van der Waals surface area contributed by atoms with Gasteiger partial charge in [0.1, 0.15) is 5.76 Å². The average molecular weight is 321 g/mol. The highest BCUT2D eigenvalue weighted by Crippen LogP contribution is 2.37. The van der Waals surface area contributed by atoms with Gasteiger partial charge in [-0.05, 0) is 31.4 Å². The Bertz CT molecular complexity index is 534. The van der Waals surface area contributed by atoms with Gasteiger partial charge in [-0.25, -0.2) is 0 Å². The number of amides is 2. The fraction of sp³-hybridized carbons (Fsp3) is 0.625. The van der Waals surface area contributed by atoms with E-state index in [-0.39, 0.29) is 12.1 Å². The second-order valence-electron chi connectivity index (χ2n) is 6.12. The van der Waals surface area contributed by atoms with Gasteiger partial charge in [-0.3, -0.25) is 14.5 Å². The van der Waals surface area contributed by atoms with E-state index in [9.17, 15) is 9.59 Å². The van der Waals surface area contributed by atoms with Gasteiger partial charge in [0.2, 0.25) is 0 Å². The average Bonchev–Trinajstić information content (AvgIpc) is 3.06. The van der Waals surface area contributed by atoms with Gasteiger partial charge < -0.3 is 19.8 Å². The van der Waals surface area contributed by atoms with Crippen LogP contribution in [-0.2, 0) is 20.9 Å². The maximum atomic E-state index is 12.0. The van der Waals surface area contributed by atoms with Crippen LogP contribution in [0, 0.1) is 0 Å². The second kappa shape index (κ2) is 7.14. The second-order valence-corrected chi connectivity index (χ2v) is 6.12. The maximum absolute atomic E-state index is 12.0. The highest BCUT2D eigenvalue weighted by molar-refractivity contribution is 6.35. The molecular formula is C16H23N3O4. The maximum Gasteiger partial charge on any atom is 0.309 e. The third kappa shape index (κ3) is 3.73. The minimum absolute atomic E-state index is 0.000726. The molecule has 2 N–H and O–H groups in total. The van der Waals surface area contributed by atoms with Crippen molar-refractivity contribution in [3.8, 4) is 0 Å². The number of carbonyl (C=O) groups is 2. The number of hydrogen-bond donors (Lipinski definition) is 2. The zero-order valence-electron chi connectivity index (χ0n) is 13.2. The standard InChI is InChI=1S/C16H23N3O4/c20-14(17-11-13-3-1-8-23-13)15(21)18-12-16(4-2-5-16)19-6-9-22-10-7-19/h1,3,8H,2,4-7,9-12H2,(H,17,20)(H,18,21). The Kier molecular flexibility index (Phi) is 4.97. The summed E-state index contributed by atoms with van der Waals surface area (Å²) in [7, 11) is 0. The summed E-state index contributed by atoms with van der Waals surface area (Å²) in [5.41, 5.74) is 0.000726. The molecule has 1 saturated heterocycles. The highest BCUT2D eigenvalue weighted by atomic mass is 16.5. The SMILES string of the molecule is O=C(NCc1ccco1)C(=O)NCC1(N2CCOCC2)CCC1. The van der Waals surface area contributed by atoms with Crippen LogP contribution < -0.4 is 10.6 Å². The fourth-order valence-corrected chi connectivity index (χ4v) is 3.21. The summed E-state index contributed by atoms with van der Waals surface area (Å²) >= 11 is 0. The molecule has 0 aromatic carbocycles. The summed E-state index contributed by atoms with van der Waals surface area (Å²) in [5.74, 6) is -0.594. The van der Waals surface area contributed by atoms with E-state index >= 15 is 0 Å². The van der Waals surface area contributed by atoms with Crippen LogP contribution in [0.3, 0.4) is 0 Å². The summed E-state index contributed by atoms with van der Waals surface area (Å²) in [4.78, 5) is 26.2. The minimum Gasteiger partial charge on any atom is -0.467 e. The van der Waals surface area contributed by atoms with Gasteiger partial charge in [0.15, 0.2) is 0 Å².